The van der Waals surface area contributed by atoms with Crippen LogP contribution in [0.5, 0.6) is 0 Å². The van der Waals surface area contributed by atoms with Crippen LogP contribution in [0, 0.1) is 0 Å². The largest absolute Gasteiger partial charge is 0.356 e. The molecule has 0 aliphatic rings. The van der Waals surface area contributed by atoms with Gasteiger partial charge in [0.2, 0.25) is 5.91 Å². The number of hydrogen-bond acceptors (Lipinski definition) is 2. The Morgan fingerprint density at radius 3 is 2.35 bits per heavy atom. The molecule has 0 spiro atoms. The third kappa shape index (κ3) is 7.51. The maximum absolute atomic E-state index is 11.6. The van der Waals surface area contributed by atoms with Crippen LogP contribution in [-0.4, -0.2) is 26.0 Å². The van der Waals surface area contributed by atoms with Crippen LogP contribution in [0.15, 0.2) is 24.3 Å². The molecule has 0 aromatic heterocycles. The van der Waals surface area contributed by atoms with Crippen LogP contribution in [-0.2, 0) is 11.2 Å². The quantitative estimate of drug-likeness (QED) is 0.725. The predicted octanol–water partition coefficient (Wildman–Crippen LogP) is 2.89. The number of carbonyl (C=O) groups excluding carboxylic acids is 1. The number of hydrogen-bond donors (Lipinski definition) is 2. The van der Waals surface area contributed by atoms with Gasteiger partial charge in [-0.15, -0.1) is 12.4 Å². The SMILES string of the molecule is CNCCCNC(=O)CCc1ccc(C(C)C)cc1.Cl. The zero-order chi connectivity index (χ0) is 14.1. The van der Waals surface area contributed by atoms with Gasteiger partial charge >= 0.3 is 0 Å². The Bertz CT molecular complexity index is 377. The van der Waals surface area contributed by atoms with Crippen LogP contribution in [0.4, 0.5) is 0 Å². The van der Waals surface area contributed by atoms with Gasteiger partial charge in [0.15, 0.2) is 0 Å². The van der Waals surface area contributed by atoms with Crippen molar-refractivity contribution >= 4 is 18.3 Å². The van der Waals surface area contributed by atoms with Gasteiger partial charge in [-0.05, 0) is 43.5 Å². The van der Waals surface area contributed by atoms with Crippen LogP contribution >= 0.6 is 12.4 Å². The Morgan fingerprint density at radius 2 is 1.80 bits per heavy atom. The third-order valence-corrected chi connectivity index (χ3v) is 3.21. The molecule has 0 unspecified atom stereocenters. The van der Waals surface area contributed by atoms with Gasteiger partial charge in [-0.25, -0.2) is 0 Å². The van der Waals surface area contributed by atoms with Crippen LogP contribution in [0.25, 0.3) is 0 Å². The van der Waals surface area contributed by atoms with Gasteiger partial charge in [-0.1, -0.05) is 38.1 Å². The Hall–Kier alpha value is -1.06. The van der Waals surface area contributed by atoms with Crippen molar-refractivity contribution in [2.75, 3.05) is 20.1 Å². The number of halogens is 1. The van der Waals surface area contributed by atoms with Crippen molar-refractivity contribution in [2.24, 2.45) is 0 Å². The molecule has 1 aromatic carbocycles. The number of rotatable bonds is 8. The summed E-state index contributed by atoms with van der Waals surface area (Å²) in [7, 11) is 1.92. The van der Waals surface area contributed by atoms with Crippen molar-refractivity contribution in [3.63, 3.8) is 0 Å². The van der Waals surface area contributed by atoms with Gasteiger partial charge in [-0.3, -0.25) is 4.79 Å². The highest BCUT2D eigenvalue weighted by atomic mass is 35.5. The maximum Gasteiger partial charge on any atom is 0.220 e. The second-order valence-corrected chi connectivity index (χ2v) is 5.20. The molecule has 0 saturated carbocycles. The molecule has 0 aliphatic carbocycles. The van der Waals surface area contributed by atoms with E-state index >= 15 is 0 Å². The number of nitrogens with one attached hydrogen (secondary N) is 2. The van der Waals surface area contributed by atoms with E-state index in [1.165, 1.54) is 11.1 Å². The van der Waals surface area contributed by atoms with E-state index in [-0.39, 0.29) is 18.3 Å². The normalized spacial score (nSPS) is 10.2. The van der Waals surface area contributed by atoms with Gasteiger partial charge in [0, 0.05) is 13.0 Å². The average molecular weight is 299 g/mol. The summed E-state index contributed by atoms with van der Waals surface area (Å²) < 4.78 is 0. The molecule has 1 amide bonds. The molecule has 0 radical (unpaired) electrons. The van der Waals surface area contributed by atoms with Crippen LogP contribution in [0.2, 0.25) is 0 Å². The summed E-state index contributed by atoms with van der Waals surface area (Å²) in [4.78, 5) is 11.6. The second-order valence-electron chi connectivity index (χ2n) is 5.20. The van der Waals surface area contributed by atoms with Crippen molar-refractivity contribution in [1.82, 2.24) is 10.6 Å². The van der Waals surface area contributed by atoms with Crippen molar-refractivity contribution in [1.29, 1.82) is 0 Å². The summed E-state index contributed by atoms with van der Waals surface area (Å²) in [5.41, 5.74) is 2.58. The Morgan fingerprint density at radius 1 is 1.15 bits per heavy atom. The summed E-state index contributed by atoms with van der Waals surface area (Å²) in [5, 5.41) is 6.00. The molecule has 0 saturated heterocycles. The van der Waals surface area contributed by atoms with E-state index in [0.29, 0.717) is 12.3 Å². The van der Waals surface area contributed by atoms with E-state index in [4.69, 9.17) is 0 Å². The minimum absolute atomic E-state index is 0. The number of carbonyl (C=O) groups is 1. The highest BCUT2D eigenvalue weighted by Crippen LogP contribution is 2.15. The van der Waals surface area contributed by atoms with Crippen molar-refractivity contribution < 1.29 is 4.79 Å². The molecule has 0 aliphatic heterocycles. The summed E-state index contributed by atoms with van der Waals surface area (Å²) in [5.74, 6) is 0.702. The summed E-state index contributed by atoms with van der Waals surface area (Å²) in [6.07, 6.45) is 2.36. The first-order chi connectivity index (χ1) is 9.13. The fourth-order valence-electron chi connectivity index (χ4n) is 1.91. The number of benzene rings is 1. The first-order valence-electron chi connectivity index (χ1n) is 7.13. The third-order valence-electron chi connectivity index (χ3n) is 3.21. The smallest absolute Gasteiger partial charge is 0.220 e. The van der Waals surface area contributed by atoms with Gasteiger partial charge in [0.05, 0.1) is 0 Å². The zero-order valence-corrected chi connectivity index (χ0v) is 13.6. The highest BCUT2D eigenvalue weighted by molar-refractivity contribution is 5.85. The summed E-state index contributed by atoms with van der Waals surface area (Å²) in [6.45, 7) is 6.07. The van der Waals surface area contributed by atoms with Crippen LogP contribution in [0.1, 0.15) is 43.7 Å². The van der Waals surface area contributed by atoms with Crippen molar-refractivity contribution in [2.45, 2.75) is 39.0 Å². The highest BCUT2D eigenvalue weighted by Gasteiger charge is 2.03. The van der Waals surface area contributed by atoms with Crippen LogP contribution < -0.4 is 10.6 Å². The Balaban J connectivity index is 0.00000361. The fraction of sp³-hybridized carbons (Fsp3) is 0.562. The molecule has 0 fully saturated rings. The Kier molecular flexibility index (Phi) is 10.1. The molecular weight excluding hydrogens is 272 g/mol. The van der Waals surface area contributed by atoms with Crippen molar-refractivity contribution in [3.8, 4) is 0 Å². The Labute approximate surface area is 128 Å². The molecule has 20 heavy (non-hydrogen) atoms. The summed E-state index contributed by atoms with van der Waals surface area (Å²) >= 11 is 0. The number of aryl methyl sites for hydroxylation is 1. The molecule has 0 heterocycles. The maximum atomic E-state index is 11.6. The van der Waals surface area contributed by atoms with Gasteiger partial charge in [-0.2, -0.15) is 0 Å². The minimum atomic E-state index is 0. The summed E-state index contributed by atoms with van der Waals surface area (Å²) in [6, 6.07) is 8.57. The lowest BCUT2D eigenvalue weighted by molar-refractivity contribution is -0.121. The lowest BCUT2D eigenvalue weighted by Crippen LogP contribution is -2.26. The first kappa shape index (κ1) is 18.9. The van der Waals surface area contributed by atoms with E-state index in [9.17, 15) is 4.79 Å². The molecule has 2 N–H and O–H groups in total. The average Bonchev–Trinajstić information content (AvgIpc) is 2.42. The topological polar surface area (TPSA) is 41.1 Å². The lowest BCUT2D eigenvalue weighted by Gasteiger charge is -2.07. The van der Waals surface area contributed by atoms with Crippen LogP contribution in [0.3, 0.4) is 0 Å². The molecule has 1 aromatic rings. The van der Waals surface area contributed by atoms with Gasteiger partial charge in [0.25, 0.3) is 0 Å². The van der Waals surface area contributed by atoms with E-state index < -0.39 is 0 Å². The van der Waals surface area contributed by atoms with Gasteiger partial charge < -0.3 is 10.6 Å². The predicted molar refractivity (Wildman–Crippen MR) is 87.7 cm³/mol. The molecule has 114 valence electrons. The molecule has 1 rings (SSSR count). The molecule has 4 heteroatoms. The van der Waals surface area contributed by atoms with E-state index in [2.05, 4.69) is 48.7 Å². The lowest BCUT2D eigenvalue weighted by atomic mass is 10.0. The molecule has 0 atom stereocenters. The first-order valence-corrected chi connectivity index (χ1v) is 7.13. The van der Waals surface area contributed by atoms with E-state index in [0.717, 1.165) is 25.9 Å². The standard InChI is InChI=1S/C16H26N2O.ClH/c1-13(2)15-8-5-14(6-9-15)7-10-16(19)18-12-4-11-17-3;/h5-6,8-9,13,17H,4,7,10-12H2,1-3H3,(H,18,19);1H. The minimum Gasteiger partial charge on any atom is -0.356 e. The zero-order valence-electron chi connectivity index (χ0n) is 12.7. The fourth-order valence-corrected chi connectivity index (χ4v) is 1.91. The number of amides is 1. The van der Waals surface area contributed by atoms with E-state index in [1.807, 2.05) is 7.05 Å². The van der Waals surface area contributed by atoms with E-state index in [1.54, 1.807) is 0 Å². The van der Waals surface area contributed by atoms with Gasteiger partial charge in [0.1, 0.15) is 0 Å². The monoisotopic (exact) mass is 298 g/mol. The molecule has 0 bridgehead atoms. The molecule has 3 nitrogen and oxygen atoms in total. The molecular formula is C16H27ClN2O. The second kappa shape index (κ2) is 10.7. The van der Waals surface area contributed by atoms with Crippen molar-refractivity contribution in [3.05, 3.63) is 35.4 Å².